The Morgan fingerprint density at radius 3 is 2.19 bits per heavy atom. The van der Waals surface area contributed by atoms with Gasteiger partial charge in [0.05, 0.1) is 12.2 Å². The first-order chi connectivity index (χ1) is 10.3. The number of hydrogen-bond acceptors (Lipinski definition) is 2. The second-order valence-electron chi connectivity index (χ2n) is 5.15. The summed E-state index contributed by atoms with van der Waals surface area (Å²) in [5, 5.41) is 8.04. The molecule has 0 fully saturated rings. The van der Waals surface area contributed by atoms with E-state index >= 15 is 0 Å². The molecule has 1 aromatic heterocycles. The fourth-order valence-corrected chi connectivity index (χ4v) is 2.35. The molecule has 0 saturated carbocycles. The van der Waals surface area contributed by atoms with Crippen LogP contribution in [-0.2, 0) is 13.1 Å². The van der Waals surface area contributed by atoms with E-state index in [1.807, 2.05) is 23.7 Å². The maximum absolute atomic E-state index is 4.57. The maximum Gasteiger partial charge on any atom is 0.125 e. The fourth-order valence-electron chi connectivity index (χ4n) is 2.35. The standard InChI is InChI=1S/C18H19N3/c1-15-12-18(19-13-16-8-4-2-5-9-16)21(20-15)14-17-10-6-3-7-11-17/h2-12,19H,13-14H2,1H3. The summed E-state index contributed by atoms with van der Waals surface area (Å²) in [6.07, 6.45) is 0. The van der Waals surface area contributed by atoms with Gasteiger partial charge in [-0.25, -0.2) is 4.68 Å². The molecule has 0 radical (unpaired) electrons. The van der Waals surface area contributed by atoms with Crippen molar-refractivity contribution in [3.63, 3.8) is 0 Å². The fraction of sp³-hybridized carbons (Fsp3) is 0.167. The van der Waals surface area contributed by atoms with Crippen molar-refractivity contribution in [3.8, 4) is 0 Å². The molecule has 2 aromatic carbocycles. The van der Waals surface area contributed by atoms with E-state index in [0.29, 0.717) is 0 Å². The Kier molecular flexibility index (Phi) is 4.01. The van der Waals surface area contributed by atoms with E-state index in [-0.39, 0.29) is 0 Å². The van der Waals surface area contributed by atoms with Crippen molar-refractivity contribution in [1.82, 2.24) is 9.78 Å². The Labute approximate surface area is 125 Å². The third kappa shape index (κ3) is 3.51. The van der Waals surface area contributed by atoms with Gasteiger partial charge < -0.3 is 5.32 Å². The van der Waals surface area contributed by atoms with Crippen molar-refractivity contribution in [2.24, 2.45) is 0 Å². The molecule has 0 spiro atoms. The van der Waals surface area contributed by atoms with Crippen LogP contribution in [0.1, 0.15) is 16.8 Å². The predicted molar refractivity (Wildman–Crippen MR) is 86.3 cm³/mol. The van der Waals surface area contributed by atoms with Gasteiger partial charge in [-0.3, -0.25) is 0 Å². The van der Waals surface area contributed by atoms with Gasteiger partial charge in [0, 0.05) is 12.6 Å². The summed E-state index contributed by atoms with van der Waals surface area (Å²) in [5.41, 5.74) is 3.55. The quantitative estimate of drug-likeness (QED) is 0.767. The summed E-state index contributed by atoms with van der Waals surface area (Å²) in [5.74, 6) is 1.06. The summed E-state index contributed by atoms with van der Waals surface area (Å²) in [7, 11) is 0. The topological polar surface area (TPSA) is 29.9 Å². The molecule has 0 atom stereocenters. The first-order valence-electron chi connectivity index (χ1n) is 7.17. The Morgan fingerprint density at radius 1 is 0.905 bits per heavy atom. The largest absolute Gasteiger partial charge is 0.366 e. The summed E-state index contributed by atoms with van der Waals surface area (Å²) in [4.78, 5) is 0. The number of anilines is 1. The first-order valence-corrected chi connectivity index (χ1v) is 7.17. The van der Waals surface area contributed by atoms with Crippen LogP contribution in [0.15, 0.2) is 66.7 Å². The molecule has 0 aliphatic heterocycles. The Bertz CT molecular complexity index is 687. The highest BCUT2D eigenvalue weighted by Crippen LogP contribution is 2.14. The monoisotopic (exact) mass is 277 g/mol. The molecule has 106 valence electrons. The van der Waals surface area contributed by atoms with Gasteiger partial charge in [-0.2, -0.15) is 5.10 Å². The molecule has 0 unspecified atom stereocenters. The molecular formula is C18H19N3. The van der Waals surface area contributed by atoms with Gasteiger partial charge in [-0.15, -0.1) is 0 Å². The SMILES string of the molecule is Cc1cc(NCc2ccccc2)n(Cc2ccccc2)n1. The summed E-state index contributed by atoms with van der Waals surface area (Å²) >= 11 is 0. The van der Waals surface area contributed by atoms with Crippen molar-refractivity contribution < 1.29 is 0 Å². The molecule has 21 heavy (non-hydrogen) atoms. The lowest BCUT2D eigenvalue weighted by molar-refractivity contribution is 0.683. The van der Waals surface area contributed by atoms with Crippen LogP contribution < -0.4 is 5.32 Å². The molecule has 3 nitrogen and oxygen atoms in total. The Morgan fingerprint density at radius 2 is 1.52 bits per heavy atom. The summed E-state index contributed by atoms with van der Waals surface area (Å²) in [6.45, 7) is 3.61. The number of rotatable bonds is 5. The lowest BCUT2D eigenvalue weighted by Gasteiger charge is -2.10. The second kappa shape index (κ2) is 6.27. The lowest BCUT2D eigenvalue weighted by atomic mass is 10.2. The van der Waals surface area contributed by atoms with E-state index in [2.05, 4.69) is 65.0 Å². The van der Waals surface area contributed by atoms with Crippen LogP contribution >= 0.6 is 0 Å². The number of aryl methyl sites for hydroxylation is 1. The van der Waals surface area contributed by atoms with Gasteiger partial charge >= 0.3 is 0 Å². The van der Waals surface area contributed by atoms with Crippen molar-refractivity contribution in [1.29, 1.82) is 0 Å². The smallest absolute Gasteiger partial charge is 0.125 e. The third-order valence-corrected chi connectivity index (χ3v) is 3.39. The van der Waals surface area contributed by atoms with Crippen LogP contribution in [0.25, 0.3) is 0 Å². The van der Waals surface area contributed by atoms with Crippen LogP contribution in [0.2, 0.25) is 0 Å². The average Bonchev–Trinajstić information content (AvgIpc) is 2.87. The number of nitrogens with one attached hydrogen (secondary N) is 1. The molecule has 0 aliphatic carbocycles. The molecule has 0 amide bonds. The molecular weight excluding hydrogens is 258 g/mol. The Hall–Kier alpha value is -2.55. The third-order valence-electron chi connectivity index (χ3n) is 3.39. The van der Waals surface area contributed by atoms with Crippen molar-refractivity contribution in [3.05, 3.63) is 83.6 Å². The summed E-state index contributed by atoms with van der Waals surface area (Å²) in [6, 6.07) is 22.9. The molecule has 3 rings (SSSR count). The predicted octanol–water partition coefficient (Wildman–Crippen LogP) is 3.85. The van der Waals surface area contributed by atoms with Crippen LogP contribution in [-0.4, -0.2) is 9.78 Å². The average molecular weight is 277 g/mol. The van der Waals surface area contributed by atoms with Gasteiger partial charge in [0.15, 0.2) is 0 Å². The minimum absolute atomic E-state index is 0.784. The maximum atomic E-state index is 4.57. The zero-order valence-corrected chi connectivity index (χ0v) is 12.2. The van der Waals surface area contributed by atoms with E-state index in [0.717, 1.165) is 24.6 Å². The van der Waals surface area contributed by atoms with Crippen LogP contribution in [0.5, 0.6) is 0 Å². The highest BCUT2D eigenvalue weighted by Gasteiger charge is 2.05. The van der Waals surface area contributed by atoms with Gasteiger partial charge in [0.2, 0.25) is 0 Å². The first kappa shape index (κ1) is 13.4. The highest BCUT2D eigenvalue weighted by atomic mass is 15.3. The van der Waals surface area contributed by atoms with E-state index in [1.165, 1.54) is 11.1 Å². The Balaban J connectivity index is 1.73. The molecule has 3 heteroatoms. The highest BCUT2D eigenvalue weighted by molar-refractivity contribution is 5.38. The van der Waals surface area contributed by atoms with Crippen molar-refractivity contribution in [2.45, 2.75) is 20.0 Å². The number of hydrogen-bond donors (Lipinski definition) is 1. The lowest BCUT2D eigenvalue weighted by Crippen LogP contribution is -2.09. The minimum Gasteiger partial charge on any atom is -0.366 e. The van der Waals surface area contributed by atoms with E-state index in [1.54, 1.807) is 0 Å². The second-order valence-corrected chi connectivity index (χ2v) is 5.15. The normalized spacial score (nSPS) is 10.5. The molecule has 0 saturated heterocycles. The van der Waals surface area contributed by atoms with Crippen LogP contribution in [0.3, 0.4) is 0 Å². The van der Waals surface area contributed by atoms with Gasteiger partial charge in [-0.1, -0.05) is 60.7 Å². The zero-order valence-electron chi connectivity index (χ0n) is 12.2. The van der Waals surface area contributed by atoms with Gasteiger partial charge in [-0.05, 0) is 18.1 Å². The summed E-state index contributed by atoms with van der Waals surface area (Å²) < 4.78 is 2.02. The number of aromatic nitrogens is 2. The van der Waals surface area contributed by atoms with Crippen LogP contribution in [0.4, 0.5) is 5.82 Å². The minimum atomic E-state index is 0.784. The number of benzene rings is 2. The molecule has 0 bridgehead atoms. The van der Waals surface area contributed by atoms with Crippen LogP contribution in [0, 0.1) is 6.92 Å². The molecule has 3 aromatic rings. The molecule has 1 heterocycles. The van der Waals surface area contributed by atoms with E-state index < -0.39 is 0 Å². The van der Waals surface area contributed by atoms with Gasteiger partial charge in [0.1, 0.15) is 5.82 Å². The molecule has 1 N–H and O–H groups in total. The zero-order chi connectivity index (χ0) is 14.5. The van der Waals surface area contributed by atoms with Crippen molar-refractivity contribution >= 4 is 5.82 Å². The van der Waals surface area contributed by atoms with Gasteiger partial charge in [0.25, 0.3) is 0 Å². The molecule has 0 aliphatic rings. The van der Waals surface area contributed by atoms with Crippen molar-refractivity contribution in [2.75, 3.05) is 5.32 Å². The number of nitrogens with zero attached hydrogens (tertiary/aromatic N) is 2. The van der Waals surface area contributed by atoms with E-state index in [4.69, 9.17) is 0 Å². The van der Waals surface area contributed by atoms with E-state index in [9.17, 15) is 0 Å².